The van der Waals surface area contributed by atoms with Gasteiger partial charge < -0.3 is 4.98 Å². The van der Waals surface area contributed by atoms with Gasteiger partial charge in [-0.3, -0.25) is 4.79 Å². The lowest BCUT2D eigenvalue weighted by atomic mass is 9.78. The van der Waals surface area contributed by atoms with Crippen molar-refractivity contribution in [1.29, 1.82) is 0 Å². The number of pyridine rings is 1. The minimum Gasteiger partial charge on any atom is -0.326 e. The highest BCUT2D eigenvalue weighted by molar-refractivity contribution is 5.31. The summed E-state index contributed by atoms with van der Waals surface area (Å²) < 4.78 is 0. The summed E-state index contributed by atoms with van der Waals surface area (Å²) in [6, 6.07) is 2.16. The predicted octanol–water partition coefficient (Wildman–Crippen LogP) is 2.51. The Morgan fingerprint density at radius 3 is 2.71 bits per heavy atom. The molecule has 1 fully saturated rings. The molecular weight excluding hydrogens is 174 g/mol. The van der Waals surface area contributed by atoms with Gasteiger partial charge in [-0.1, -0.05) is 13.3 Å². The number of hydrogen-bond acceptors (Lipinski definition) is 1. The zero-order valence-electron chi connectivity index (χ0n) is 8.89. The van der Waals surface area contributed by atoms with E-state index in [1.54, 1.807) is 0 Å². The van der Waals surface area contributed by atoms with Gasteiger partial charge in [0.2, 0.25) is 0 Å². The van der Waals surface area contributed by atoms with Crippen LogP contribution in [0, 0.1) is 6.92 Å². The molecule has 0 aromatic carbocycles. The van der Waals surface area contributed by atoms with E-state index >= 15 is 0 Å². The molecular formula is C12H17NO. The van der Waals surface area contributed by atoms with E-state index in [1.807, 2.05) is 6.92 Å². The van der Waals surface area contributed by atoms with E-state index in [9.17, 15) is 4.79 Å². The van der Waals surface area contributed by atoms with Crippen molar-refractivity contribution in [2.45, 2.75) is 45.4 Å². The SMILES string of the molecule is CCc1c(C2CCC2)cc(C)[nH]c1=O. The standard InChI is InChI=1S/C12H17NO/c1-3-10-11(9-5-4-6-9)7-8(2)13-12(10)14/h7,9H,3-6H2,1-2H3,(H,13,14). The van der Waals surface area contributed by atoms with Gasteiger partial charge >= 0.3 is 0 Å². The van der Waals surface area contributed by atoms with Gasteiger partial charge in [0, 0.05) is 11.3 Å². The molecule has 14 heavy (non-hydrogen) atoms. The molecule has 0 radical (unpaired) electrons. The molecule has 0 amide bonds. The summed E-state index contributed by atoms with van der Waals surface area (Å²) >= 11 is 0. The first kappa shape index (κ1) is 9.50. The number of aromatic amines is 1. The zero-order valence-corrected chi connectivity index (χ0v) is 8.89. The van der Waals surface area contributed by atoms with Crippen molar-refractivity contribution in [1.82, 2.24) is 4.98 Å². The Morgan fingerprint density at radius 2 is 2.21 bits per heavy atom. The first-order valence-electron chi connectivity index (χ1n) is 5.45. The maximum atomic E-state index is 11.7. The molecule has 0 unspecified atom stereocenters. The van der Waals surface area contributed by atoms with Crippen molar-refractivity contribution in [2.24, 2.45) is 0 Å². The van der Waals surface area contributed by atoms with Gasteiger partial charge in [-0.25, -0.2) is 0 Å². The Kier molecular flexibility index (Phi) is 2.44. The van der Waals surface area contributed by atoms with Gasteiger partial charge in [-0.15, -0.1) is 0 Å². The highest BCUT2D eigenvalue weighted by atomic mass is 16.1. The van der Waals surface area contributed by atoms with E-state index in [2.05, 4.69) is 18.0 Å². The second-order valence-electron chi connectivity index (χ2n) is 4.20. The molecule has 0 spiro atoms. The second-order valence-corrected chi connectivity index (χ2v) is 4.20. The highest BCUT2D eigenvalue weighted by Crippen LogP contribution is 2.37. The van der Waals surface area contributed by atoms with E-state index in [1.165, 1.54) is 24.8 Å². The summed E-state index contributed by atoms with van der Waals surface area (Å²) in [5.74, 6) is 0.658. The predicted molar refractivity (Wildman–Crippen MR) is 57.8 cm³/mol. The maximum Gasteiger partial charge on any atom is 0.251 e. The molecule has 2 heteroatoms. The molecule has 76 valence electrons. The Morgan fingerprint density at radius 1 is 1.50 bits per heavy atom. The van der Waals surface area contributed by atoms with Crippen LogP contribution in [0.25, 0.3) is 0 Å². The van der Waals surface area contributed by atoms with Gasteiger partial charge in [0.05, 0.1) is 0 Å². The number of rotatable bonds is 2. The highest BCUT2D eigenvalue weighted by Gasteiger charge is 2.23. The van der Waals surface area contributed by atoms with Crippen LogP contribution in [0.5, 0.6) is 0 Å². The Bertz CT molecular complexity index is 388. The van der Waals surface area contributed by atoms with Crippen LogP contribution in [0.1, 0.15) is 48.9 Å². The second kappa shape index (κ2) is 3.60. The van der Waals surface area contributed by atoms with Crippen LogP contribution in [0.2, 0.25) is 0 Å². The van der Waals surface area contributed by atoms with Gasteiger partial charge in [0.25, 0.3) is 5.56 Å². The van der Waals surface area contributed by atoms with Crippen LogP contribution in [0.15, 0.2) is 10.9 Å². The normalized spacial score (nSPS) is 16.7. The summed E-state index contributed by atoms with van der Waals surface area (Å²) in [6.07, 6.45) is 4.69. The molecule has 0 bridgehead atoms. The molecule has 1 aromatic heterocycles. The minimum absolute atomic E-state index is 0.120. The Hall–Kier alpha value is -1.05. The van der Waals surface area contributed by atoms with Crippen molar-refractivity contribution >= 4 is 0 Å². The number of hydrogen-bond donors (Lipinski definition) is 1. The Labute approximate surface area is 84.4 Å². The molecule has 2 rings (SSSR count). The molecule has 1 saturated carbocycles. The third-order valence-corrected chi connectivity index (χ3v) is 3.20. The fourth-order valence-corrected chi connectivity index (χ4v) is 2.19. The van der Waals surface area contributed by atoms with Gasteiger partial charge in [0.1, 0.15) is 0 Å². The smallest absolute Gasteiger partial charge is 0.251 e. The molecule has 1 aliphatic rings. The lowest BCUT2D eigenvalue weighted by molar-refractivity contribution is 0.416. The van der Waals surface area contributed by atoms with E-state index in [-0.39, 0.29) is 5.56 Å². The fraction of sp³-hybridized carbons (Fsp3) is 0.583. The molecule has 0 atom stereocenters. The largest absolute Gasteiger partial charge is 0.326 e. The lowest BCUT2D eigenvalue weighted by Gasteiger charge is -2.27. The zero-order chi connectivity index (χ0) is 10.1. The van der Waals surface area contributed by atoms with Crippen molar-refractivity contribution in [2.75, 3.05) is 0 Å². The van der Waals surface area contributed by atoms with Crippen molar-refractivity contribution in [3.8, 4) is 0 Å². The summed E-state index contributed by atoms with van der Waals surface area (Å²) in [7, 11) is 0. The molecule has 2 nitrogen and oxygen atoms in total. The minimum atomic E-state index is 0.120. The monoisotopic (exact) mass is 191 g/mol. The quantitative estimate of drug-likeness (QED) is 0.765. The number of nitrogens with one attached hydrogen (secondary N) is 1. The summed E-state index contributed by atoms with van der Waals surface area (Å²) in [5.41, 5.74) is 3.42. The molecule has 1 heterocycles. The van der Waals surface area contributed by atoms with E-state index in [0.29, 0.717) is 5.92 Å². The summed E-state index contributed by atoms with van der Waals surface area (Å²) in [6.45, 7) is 4.02. The first-order valence-corrected chi connectivity index (χ1v) is 5.45. The van der Waals surface area contributed by atoms with Crippen LogP contribution in [-0.2, 0) is 6.42 Å². The van der Waals surface area contributed by atoms with Crippen molar-refractivity contribution in [3.63, 3.8) is 0 Å². The van der Waals surface area contributed by atoms with Gasteiger partial charge in [0.15, 0.2) is 0 Å². The fourth-order valence-electron chi connectivity index (χ4n) is 2.19. The van der Waals surface area contributed by atoms with Gasteiger partial charge in [-0.05, 0) is 43.7 Å². The van der Waals surface area contributed by atoms with Crippen LogP contribution in [-0.4, -0.2) is 4.98 Å². The topological polar surface area (TPSA) is 32.9 Å². The van der Waals surface area contributed by atoms with Crippen LogP contribution >= 0.6 is 0 Å². The van der Waals surface area contributed by atoms with Crippen molar-refractivity contribution in [3.05, 3.63) is 33.2 Å². The Balaban J connectivity index is 2.49. The van der Waals surface area contributed by atoms with Crippen LogP contribution in [0.4, 0.5) is 0 Å². The lowest BCUT2D eigenvalue weighted by Crippen LogP contribution is -2.20. The number of H-pyrrole nitrogens is 1. The average molecular weight is 191 g/mol. The van der Waals surface area contributed by atoms with Crippen LogP contribution in [0.3, 0.4) is 0 Å². The molecule has 1 aromatic rings. The molecule has 1 N–H and O–H groups in total. The third-order valence-electron chi connectivity index (χ3n) is 3.20. The van der Waals surface area contributed by atoms with Crippen LogP contribution < -0.4 is 5.56 Å². The van der Waals surface area contributed by atoms with Crippen molar-refractivity contribution < 1.29 is 0 Å². The molecule has 0 aliphatic heterocycles. The third kappa shape index (κ3) is 1.49. The number of aryl methyl sites for hydroxylation is 1. The summed E-state index contributed by atoms with van der Waals surface area (Å²) in [4.78, 5) is 14.6. The van der Waals surface area contributed by atoms with E-state index in [0.717, 1.165) is 17.7 Å². The molecule has 0 saturated heterocycles. The van der Waals surface area contributed by atoms with Gasteiger partial charge in [-0.2, -0.15) is 0 Å². The first-order chi connectivity index (χ1) is 6.72. The summed E-state index contributed by atoms with van der Waals surface area (Å²) in [5, 5.41) is 0. The van der Waals surface area contributed by atoms with E-state index < -0.39 is 0 Å². The maximum absolute atomic E-state index is 11.7. The molecule has 1 aliphatic carbocycles. The number of aromatic nitrogens is 1. The van der Waals surface area contributed by atoms with E-state index in [4.69, 9.17) is 0 Å². The average Bonchev–Trinajstić information content (AvgIpc) is 1.99.